The minimum atomic E-state index is -0.793. The number of rotatable bonds is 51. The van der Waals surface area contributed by atoms with Crippen LogP contribution in [0.5, 0.6) is 0 Å². The molecule has 0 saturated heterocycles. The van der Waals surface area contributed by atoms with Gasteiger partial charge in [-0.05, 0) is 77.0 Å². The quantitative estimate of drug-likeness (QED) is 0.0245. The number of unbranched alkanes of at least 4 members (excludes halogenated alkanes) is 34. The number of aliphatic hydroxyl groups is 2. The van der Waals surface area contributed by atoms with Gasteiger partial charge >= 0.3 is 5.97 Å². The number of hydrogen-bond donors (Lipinski definition) is 3. The molecule has 0 aromatic carbocycles. The summed E-state index contributed by atoms with van der Waals surface area (Å²) < 4.78 is 5.94. The van der Waals surface area contributed by atoms with E-state index in [0.29, 0.717) is 19.3 Å². The average molecular weight is 901 g/mol. The molecule has 0 heterocycles. The maximum absolute atomic E-state index is 13.2. The van der Waals surface area contributed by atoms with E-state index in [1.165, 1.54) is 167 Å². The molecule has 0 aromatic heterocycles. The second-order valence-corrected chi connectivity index (χ2v) is 19.4. The molecule has 0 aromatic rings. The van der Waals surface area contributed by atoms with Crippen LogP contribution < -0.4 is 5.32 Å². The van der Waals surface area contributed by atoms with E-state index in [0.717, 1.165) is 83.5 Å². The summed E-state index contributed by atoms with van der Waals surface area (Å²) in [5.74, 6) is -0.492. The molecule has 0 rings (SSSR count). The fourth-order valence-electron chi connectivity index (χ4n) is 8.65. The van der Waals surface area contributed by atoms with Crippen LogP contribution in [0, 0.1) is 0 Å². The Morgan fingerprint density at radius 2 is 0.797 bits per heavy atom. The second kappa shape index (κ2) is 52.1. The minimum absolute atomic E-state index is 0.0633. The Morgan fingerprint density at radius 1 is 0.453 bits per heavy atom. The van der Waals surface area contributed by atoms with Gasteiger partial charge in [-0.25, -0.2) is 0 Å². The van der Waals surface area contributed by atoms with Gasteiger partial charge in [0.2, 0.25) is 5.91 Å². The Morgan fingerprint density at radius 3 is 1.23 bits per heavy atom. The number of esters is 1. The zero-order valence-corrected chi connectivity index (χ0v) is 42.9. The van der Waals surface area contributed by atoms with Gasteiger partial charge in [-0.1, -0.05) is 243 Å². The van der Waals surface area contributed by atoms with Crippen LogP contribution in [0.15, 0.2) is 36.5 Å². The van der Waals surface area contributed by atoms with E-state index in [1.54, 1.807) is 0 Å². The van der Waals surface area contributed by atoms with Crippen molar-refractivity contribution in [2.24, 2.45) is 0 Å². The summed E-state index contributed by atoms with van der Waals surface area (Å²) in [5.41, 5.74) is 0. The molecule has 0 bridgehead atoms. The molecule has 64 heavy (non-hydrogen) atoms. The number of aliphatic hydroxyl groups excluding tert-OH is 2. The summed E-state index contributed by atoms with van der Waals surface area (Å²) in [4.78, 5) is 26.2. The molecule has 3 atom stereocenters. The smallest absolute Gasteiger partial charge is 0.306 e. The number of carbonyl (C=O) groups is 2. The van der Waals surface area contributed by atoms with Crippen molar-refractivity contribution >= 4 is 11.9 Å². The number of carbonyl (C=O) groups excluding carboxylic acids is 2. The molecule has 0 aliphatic heterocycles. The summed E-state index contributed by atoms with van der Waals surface area (Å²) in [7, 11) is 0. The average Bonchev–Trinajstić information content (AvgIpc) is 3.29. The molecule has 6 heteroatoms. The monoisotopic (exact) mass is 900 g/mol. The van der Waals surface area contributed by atoms with Crippen LogP contribution in [0.1, 0.15) is 297 Å². The first-order valence-electron chi connectivity index (χ1n) is 28.2. The van der Waals surface area contributed by atoms with Gasteiger partial charge in [-0.3, -0.25) is 9.59 Å². The van der Waals surface area contributed by atoms with Gasteiger partial charge in [0, 0.05) is 6.42 Å². The molecule has 3 unspecified atom stereocenters. The molecule has 0 spiro atoms. The van der Waals surface area contributed by atoms with Gasteiger partial charge in [0.15, 0.2) is 0 Å². The zero-order chi connectivity index (χ0) is 46.7. The minimum Gasteiger partial charge on any atom is -0.462 e. The fourth-order valence-corrected chi connectivity index (χ4v) is 8.65. The van der Waals surface area contributed by atoms with Gasteiger partial charge in [-0.15, -0.1) is 0 Å². The predicted octanol–water partition coefficient (Wildman–Crippen LogP) is 17.2. The number of amides is 1. The molecule has 3 N–H and O–H groups in total. The summed E-state index contributed by atoms with van der Waals surface area (Å²) >= 11 is 0. The van der Waals surface area contributed by atoms with Crippen LogP contribution >= 0.6 is 0 Å². The Kier molecular flexibility index (Phi) is 50.5. The van der Waals surface area contributed by atoms with Gasteiger partial charge in [0.05, 0.1) is 25.2 Å². The fraction of sp³-hybridized carbons (Fsp3) is 0.862. The maximum atomic E-state index is 13.2. The second-order valence-electron chi connectivity index (χ2n) is 19.4. The summed E-state index contributed by atoms with van der Waals surface area (Å²) in [5, 5.41) is 23.9. The molecular formula is C58H109NO5. The molecule has 6 nitrogen and oxygen atoms in total. The normalized spacial score (nSPS) is 13.4. The lowest BCUT2D eigenvalue weighted by Crippen LogP contribution is -2.46. The van der Waals surface area contributed by atoms with Crippen molar-refractivity contribution in [1.82, 2.24) is 5.32 Å². The molecule has 0 aliphatic carbocycles. The van der Waals surface area contributed by atoms with Crippen LogP contribution in [0.4, 0.5) is 0 Å². The molecule has 0 saturated carbocycles. The standard InChI is InChI=1S/C58H109NO5/c1-4-7-10-13-16-19-22-25-27-29-32-35-38-41-44-47-50-56(61)55(53-60)59-57(62)52-54(49-46-43-40-37-34-31-24-21-18-15-12-9-6-3)64-58(63)51-48-45-42-39-36-33-30-28-26-23-20-17-14-11-8-5-2/h18,21,24,28,30-31,54-56,60-61H,4-17,19-20,22-23,25-27,29,32-53H2,1-3H3,(H,59,62)/b21-18+,30-28+,31-24+. The van der Waals surface area contributed by atoms with Crippen LogP contribution in [-0.4, -0.2) is 46.9 Å². The largest absolute Gasteiger partial charge is 0.462 e. The molecule has 1 amide bonds. The van der Waals surface area contributed by atoms with Gasteiger partial charge in [0.25, 0.3) is 0 Å². The van der Waals surface area contributed by atoms with E-state index in [4.69, 9.17) is 4.74 Å². The number of ether oxygens (including phenoxy) is 1. The maximum Gasteiger partial charge on any atom is 0.306 e. The van der Waals surface area contributed by atoms with E-state index in [-0.39, 0.29) is 24.9 Å². The lowest BCUT2D eigenvalue weighted by molar-refractivity contribution is -0.151. The molecule has 0 fully saturated rings. The van der Waals surface area contributed by atoms with Gasteiger partial charge < -0.3 is 20.3 Å². The first kappa shape index (κ1) is 62.1. The lowest BCUT2D eigenvalue weighted by atomic mass is 10.0. The van der Waals surface area contributed by atoms with E-state index in [9.17, 15) is 19.8 Å². The highest BCUT2D eigenvalue weighted by Crippen LogP contribution is 2.18. The third kappa shape index (κ3) is 46.6. The SMILES string of the molecule is CCCCC/C=C/C=C/CCCCCCC(CC(=O)NC(CO)C(O)CCCCCCCCCCCCCCCCCC)OC(=O)CCCCCCC/C=C/CCCCCCCCC. The molecule has 0 aliphatic rings. The van der Waals surface area contributed by atoms with Crippen molar-refractivity contribution in [3.05, 3.63) is 36.5 Å². The van der Waals surface area contributed by atoms with Crippen LogP contribution in [0.2, 0.25) is 0 Å². The van der Waals surface area contributed by atoms with Crippen LogP contribution in [0.3, 0.4) is 0 Å². The topological polar surface area (TPSA) is 95.9 Å². The first-order valence-corrected chi connectivity index (χ1v) is 28.2. The third-order valence-electron chi connectivity index (χ3n) is 13.0. The highest BCUT2D eigenvalue weighted by Gasteiger charge is 2.24. The van der Waals surface area contributed by atoms with Crippen LogP contribution in [-0.2, 0) is 14.3 Å². The highest BCUT2D eigenvalue weighted by molar-refractivity contribution is 5.77. The lowest BCUT2D eigenvalue weighted by Gasteiger charge is -2.24. The molecule has 0 radical (unpaired) electrons. The van der Waals surface area contributed by atoms with E-state index >= 15 is 0 Å². The van der Waals surface area contributed by atoms with E-state index in [2.05, 4.69) is 62.5 Å². The van der Waals surface area contributed by atoms with E-state index in [1.807, 2.05) is 0 Å². The number of allylic oxidation sites excluding steroid dienone is 6. The van der Waals surface area contributed by atoms with Crippen molar-refractivity contribution in [2.45, 2.75) is 315 Å². The number of hydrogen-bond acceptors (Lipinski definition) is 5. The Bertz CT molecular complexity index is 1060. The Hall–Kier alpha value is -1.92. The first-order chi connectivity index (χ1) is 31.5. The van der Waals surface area contributed by atoms with Gasteiger partial charge in [-0.2, -0.15) is 0 Å². The summed E-state index contributed by atoms with van der Waals surface area (Å²) in [6.07, 6.45) is 62.1. The Balaban J connectivity index is 4.54. The van der Waals surface area contributed by atoms with Crippen molar-refractivity contribution in [1.29, 1.82) is 0 Å². The highest BCUT2D eigenvalue weighted by atomic mass is 16.5. The van der Waals surface area contributed by atoms with Crippen molar-refractivity contribution in [3.63, 3.8) is 0 Å². The number of nitrogens with one attached hydrogen (secondary N) is 1. The molecule has 376 valence electrons. The summed E-state index contributed by atoms with van der Waals surface area (Å²) in [6.45, 7) is 6.47. The third-order valence-corrected chi connectivity index (χ3v) is 13.0. The Labute approximate surface area is 398 Å². The van der Waals surface area contributed by atoms with E-state index < -0.39 is 18.2 Å². The van der Waals surface area contributed by atoms with Crippen molar-refractivity contribution < 1.29 is 24.5 Å². The van der Waals surface area contributed by atoms with Gasteiger partial charge in [0.1, 0.15) is 6.10 Å². The van der Waals surface area contributed by atoms with Crippen LogP contribution in [0.25, 0.3) is 0 Å². The predicted molar refractivity (Wildman–Crippen MR) is 278 cm³/mol. The molecular weight excluding hydrogens is 791 g/mol. The van der Waals surface area contributed by atoms with Crippen molar-refractivity contribution in [2.75, 3.05) is 6.61 Å². The summed E-state index contributed by atoms with van der Waals surface area (Å²) in [6, 6.07) is -0.708. The van der Waals surface area contributed by atoms with Crippen molar-refractivity contribution in [3.8, 4) is 0 Å². The zero-order valence-electron chi connectivity index (χ0n) is 42.9.